The first-order chi connectivity index (χ1) is 13.9. The Kier molecular flexibility index (Phi) is 6.21. The quantitative estimate of drug-likeness (QED) is 0.390. The highest BCUT2D eigenvalue weighted by Crippen LogP contribution is 2.39. The minimum Gasteiger partial charge on any atom is -0.465 e. The molecule has 0 bridgehead atoms. The van der Waals surface area contributed by atoms with E-state index in [1.807, 2.05) is 23.9 Å². The Morgan fingerprint density at radius 3 is 2.45 bits per heavy atom. The van der Waals surface area contributed by atoms with Crippen molar-refractivity contribution in [1.29, 1.82) is 0 Å². The van der Waals surface area contributed by atoms with Crippen LogP contribution in [0.4, 0.5) is 0 Å². The number of carbonyl (C=O) groups is 3. The van der Waals surface area contributed by atoms with Gasteiger partial charge in [-0.2, -0.15) is 0 Å². The molecule has 1 aliphatic rings. The third-order valence-corrected chi connectivity index (χ3v) is 6.13. The number of hydrogen-bond acceptors (Lipinski definition) is 6. The van der Waals surface area contributed by atoms with Crippen molar-refractivity contribution in [2.45, 2.75) is 44.7 Å². The van der Waals surface area contributed by atoms with Gasteiger partial charge in [-0.3, -0.25) is 9.59 Å². The van der Waals surface area contributed by atoms with E-state index in [1.165, 1.54) is 0 Å². The molecule has 156 valence electrons. The van der Waals surface area contributed by atoms with Crippen LogP contribution in [0.15, 0.2) is 17.2 Å². The monoisotopic (exact) mass is 418 g/mol. The summed E-state index contributed by atoms with van der Waals surface area (Å²) in [6.07, 6.45) is 2.44. The van der Waals surface area contributed by atoms with Crippen LogP contribution in [0, 0.1) is 6.92 Å². The fraction of sp³-hybridized carbons (Fsp3) is 0.476. The van der Waals surface area contributed by atoms with Gasteiger partial charge in [0.25, 0.3) is 0 Å². The van der Waals surface area contributed by atoms with Gasteiger partial charge in [-0.15, -0.1) is 11.8 Å². The lowest BCUT2D eigenvalue weighted by Gasteiger charge is -2.11. The second-order valence-corrected chi connectivity index (χ2v) is 7.67. The Labute approximate surface area is 174 Å². The van der Waals surface area contributed by atoms with Crippen molar-refractivity contribution in [2.75, 3.05) is 19.5 Å². The standard InChI is InChI=1S/C21H26N2O5S/c1-6-27-20(25)13-10-11-23-17(12(3)16(18(13)23)21(26)28-7-2)19(24)14-8-9-15(29-5)22(14)4/h8-9,13H,6-7,10-11H2,1-5H3. The zero-order chi connectivity index (χ0) is 21.3. The third-order valence-electron chi connectivity index (χ3n) is 5.30. The van der Waals surface area contributed by atoms with Crippen LogP contribution in [0.25, 0.3) is 0 Å². The minimum absolute atomic E-state index is 0.174. The molecule has 0 saturated carbocycles. The second-order valence-electron chi connectivity index (χ2n) is 6.85. The first kappa shape index (κ1) is 21.2. The van der Waals surface area contributed by atoms with Crippen molar-refractivity contribution in [1.82, 2.24) is 9.13 Å². The fourth-order valence-corrected chi connectivity index (χ4v) is 4.61. The minimum atomic E-state index is -0.579. The molecular weight excluding hydrogens is 392 g/mol. The van der Waals surface area contributed by atoms with Crippen LogP contribution in [0.3, 0.4) is 0 Å². The highest BCUT2D eigenvalue weighted by atomic mass is 32.2. The van der Waals surface area contributed by atoms with E-state index < -0.39 is 11.9 Å². The molecule has 2 aromatic rings. The van der Waals surface area contributed by atoms with Crippen molar-refractivity contribution in [3.05, 3.63) is 40.3 Å². The van der Waals surface area contributed by atoms with Gasteiger partial charge >= 0.3 is 11.9 Å². The molecular formula is C21H26N2O5S. The summed E-state index contributed by atoms with van der Waals surface area (Å²) in [5, 5.41) is 0.967. The van der Waals surface area contributed by atoms with Crippen LogP contribution in [0.5, 0.6) is 0 Å². The van der Waals surface area contributed by atoms with Crippen LogP contribution in [0.2, 0.25) is 0 Å². The molecule has 0 spiro atoms. The molecule has 0 fully saturated rings. The largest absolute Gasteiger partial charge is 0.465 e. The van der Waals surface area contributed by atoms with Crippen LogP contribution in [-0.2, 0) is 27.9 Å². The number of ether oxygens (including phenoxy) is 2. The van der Waals surface area contributed by atoms with Gasteiger partial charge in [0.1, 0.15) is 0 Å². The Bertz CT molecular complexity index is 972. The molecule has 7 nitrogen and oxygen atoms in total. The summed E-state index contributed by atoms with van der Waals surface area (Å²) in [5.74, 6) is -1.64. The van der Waals surface area contributed by atoms with E-state index in [0.717, 1.165) is 5.03 Å². The van der Waals surface area contributed by atoms with Gasteiger partial charge in [0.2, 0.25) is 5.78 Å². The van der Waals surface area contributed by atoms with E-state index in [2.05, 4.69) is 0 Å². The molecule has 0 radical (unpaired) electrons. The van der Waals surface area contributed by atoms with Gasteiger partial charge in [0.05, 0.1) is 41.1 Å². The van der Waals surface area contributed by atoms with Gasteiger partial charge in [0, 0.05) is 19.3 Å². The number of nitrogens with zero attached hydrogens (tertiary/aromatic N) is 2. The van der Waals surface area contributed by atoms with Crippen LogP contribution >= 0.6 is 11.8 Å². The Morgan fingerprint density at radius 1 is 1.17 bits per heavy atom. The second kappa shape index (κ2) is 8.49. The number of aromatic nitrogens is 2. The topological polar surface area (TPSA) is 79.5 Å². The average Bonchev–Trinajstić information content (AvgIpc) is 3.33. The van der Waals surface area contributed by atoms with Crippen LogP contribution in [0.1, 0.15) is 64.0 Å². The number of carbonyl (C=O) groups excluding carboxylic acids is 3. The Balaban J connectivity index is 2.17. The predicted molar refractivity (Wildman–Crippen MR) is 110 cm³/mol. The van der Waals surface area contributed by atoms with E-state index >= 15 is 0 Å². The van der Waals surface area contributed by atoms with Crippen molar-refractivity contribution < 1.29 is 23.9 Å². The van der Waals surface area contributed by atoms with Crippen molar-refractivity contribution in [3.8, 4) is 0 Å². The predicted octanol–water partition coefficient (Wildman–Crippen LogP) is 3.32. The number of fused-ring (bicyclic) bond motifs is 1. The van der Waals surface area contributed by atoms with Gasteiger partial charge in [-0.1, -0.05) is 0 Å². The van der Waals surface area contributed by atoms with Gasteiger partial charge in [-0.05, 0) is 51.1 Å². The van der Waals surface area contributed by atoms with Crippen molar-refractivity contribution in [3.63, 3.8) is 0 Å². The highest BCUT2D eigenvalue weighted by molar-refractivity contribution is 7.98. The Morgan fingerprint density at radius 2 is 1.86 bits per heavy atom. The first-order valence-corrected chi connectivity index (χ1v) is 10.9. The van der Waals surface area contributed by atoms with E-state index in [4.69, 9.17) is 9.47 Å². The summed E-state index contributed by atoms with van der Waals surface area (Å²) < 4.78 is 14.1. The molecule has 1 unspecified atom stereocenters. The summed E-state index contributed by atoms with van der Waals surface area (Å²) in [6, 6.07) is 3.68. The zero-order valence-electron chi connectivity index (χ0n) is 17.4. The lowest BCUT2D eigenvalue weighted by molar-refractivity contribution is -0.144. The lowest BCUT2D eigenvalue weighted by atomic mass is 9.98. The summed E-state index contributed by atoms with van der Waals surface area (Å²) in [5.41, 5.74) is 2.35. The van der Waals surface area contributed by atoms with E-state index in [9.17, 15) is 14.4 Å². The third kappa shape index (κ3) is 3.50. The van der Waals surface area contributed by atoms with Crippen LogP contribution < -0.4 is 0 Å². The SMILES string of the molecule is CCOC(=O)c1c(C)c(C(=O)c2ccc(SC)n2C)n2c1C(C(=O)OCC)CC2. The summed E-state index contributed by atoms with van der Waals surface area (Å²) in [4.78, 5) is 38.7. The molecule has 2 aromatic heterocycles. The number of rotatable bonds is 7. The molecule has 29 heavy (non-hydrogen) atoms. The maximum atomic E-state index is 13.5. The highest BCUT2D eigenvalue weighted by Gasteiger charge is 2.40. The molecule has 1 atom stereocenters. The molecule has 0 aromatic carbocycles. The van der Waals surface area contributed by atoms with E-state index in [0.29, 0.717) is 41.2 Å². The molecule has 3 rings (SSSR count). The molecule has 0 N–H and O–H groups in total. The van der Waals surface area contributed by atoms with Gasteiger partial charge in [0.15, 0.2) is 0 Å². The number of hydrogen-bond donors (Lipinski definition) is 0. The Hall–Kier alpha value is -2.48. The molecule has 0 saturated heterocycles. The smallest absolute Gasteiger partial charge is 0.340 e. The van der Waals surface area contributed by atoms with E-state index in [1.54, 1.807) is 43.2 Å². The van der Waals surface area contributed by atoms with Crippen LogP contribution in [-0.4, -0.2) is 46.3 Å². The van der Waals surface area contributed by atoms with Crippen molar-refractivity contribution >= 4 is 29.5 Å². The van der Waals surface area contributed by atoms with Crippen molar-refractivity contribution in [2.24, 2.45) is 7.05 Å². The normalized spacial score (nSPS) is 15.3. The fourth-order valence-electron chi connectivity index (χ4n) is 4.03. The van der Waals surface area contributed by atoms with Gasteiger partial charge < -0.3 is 18.6 Å². The number of thioether (sulfide) groups is 1. The molecule has 0 aliphatic carbocycles. The molecule has 0 amide bonds. The van der Waals surface area contributed by atoms with Gasteiger partial charge in [-0.25, -0.2) is 4.79 Å². The maximum absolute atomic E-state index is 13.5. The van der Waals surface area contributed by atoms with E-state index in [-0.39, 0.29) is 25.0 Å². The first-order valence-electron chi connectivity index (χ1n) is 9.68. The molecule has 3 heterocycles. The average molecular weight is 419 g/mol. The number of ketones is 1. The lowest BCUT2D eigenvalue weighted by Crippen LogP contribution is -2.17. The molecule has 1 aliphatic heterocycles. The maximum Gasteiger partial charge on any atom is 0.340 e. The summed E-state index contributed by atoms with van der Waals surface area (Å²) >= 11 is 1.55. The summed E-state index contributed by atoms with van der Waals surface area (Å²) in [6.45, 7) is 6.16. The number of esters is 2. The zero-order valence-corrected chi connectivity index (χ0v) is 18.2. The molecule has 8 heteroatoms. The summed E-state index contributed by atoms with van der Waals surface area (Å²) in [7, 11) is 1.84.